The second kappa shape index (κ2) is 6.86. The number of thioether (sulfide) groups is 1. The monoisotopic (exact) mass is 406 g/mol. The molecule has 0 saturated carbocycles. The molecular formula is C15H16Cl2N2O3S2. The van der Waals surface area contributed by atoms with Gasteiger partial charge in [-0.3, -0.25) is 4.79 Å². The molecule has 2 aliphatic heterocycles. The summed E-state index contributed by atoms with van der Waals surface area (Å²) in [6.07, 6.45) is 1.05. The van der Waals surface area contributed by atoms with E-state index in [1.807, 2.05) is 6.92 Å². The van der Waals surface area contributed by atoms with Gasteiger partial charge in [-0.15, -0.1) is 0 Å². The Morgan fingerprint density at radius 3 is 2.62 bits per heavy atom. The van der Waals surface area contributed by atoms with Crippen LogP contribution in [-0.2, 0) is 14.6 Å². The van der Waals surface area contributed by atoms with Gasteiger partial charge in [-0.25, -0.2) is 8.42 Å². The molecule has 3 rings (SSSR count). The number of hydrogen-bond acceptors (Lipinski definition) is 4. The van der Waals surface area contributed by atoms with Crippen molar-refractivity contribution in [2.24, 2.45) is 4.99 Å². The highest BCUT2D eigenvalue weighted by molar-refractivity contribution is 8.16. The van der Waals surface area contributed by atoms with Crippen molar-refractivity contribution < 1.29 is 13.2 Å². The molecule has 1 amide bonds. The van der Waals surface area contributed by atoms with Gasteiger partial charge in [-0.05, 0) is 18.6 Å². The van der Waals surface area contributed by atoms with Gasteiger partial charge in [0.1, 0.15) is 0 Å². The Balaban J connectivity index is 2.07. The van der Waals surface area contributed by atoms with Crippen molar-refractivity contribution in [2.75, 3.05) is 16.4 Å². The van der Waals surface area contributed by atoms with E-state index in [1.54, 1.807) is 23.1 Å². The summed E-state index contributed by atoms with van der Waals surface area (Å²) in [5.41, 5.74) is 0.515. The molecule has 0 N–H and O–H groups in total. The fourth-order valence-electron chi connectivity index (χ4n) is 2.92. The molecule has 2 aliphatic rings. The lowest BCUT2D eigenvalue weighted by molar-refractivity contribution is -0.117. The molecule has 2 heterocycles. The number of nitrogens with zero attached hydrogens (tertiary/aromatic N) is 2. The zero-order valence-corrected chi connectivity index (χ0v) is 16.1. The molecule has 2 saturated heterocycles. The van der Waals surface area contributed by atoms with Crippen LogP contribution in [0.4, 0.5) is 5.69 Å². The predicted molar refractivity (Wildman–Crippen MR) is 100 cm³/mol. The van der Waals surface area contributed by atoms with E-state index in [-0.39, 0.29) is 28.7 Å². The third kappa shape index (κ3) is 3.45. The first-order chi connectivity index (χ1) is 11.3. The third-order valence-corrected chi connectivity index (χ3v) is 7.75. The molecule has 0 bridgehead atoms. The van der Waals surface area contributed by atoms with Gasteiger partial charge in [0.15, 0.2) is 15.0 Å². The summed E-state index contributed by atoms with van der Waals surface area (Å²) < 4.78 is 24.0. The second-order valence-electron chi connectivity index (χ2n) is 5.78. The van der Waals surface area contributed by atoms with Crippen molar-refractivity contribution in [3.05, 3.63) is 28.2 Å². The molecule has 0 radical (unpaired) electrons. The van der Waals surface area contributed by atoms with E-state index >= 15 is 0 Å². The molecule has 9 heteroatoms. The van der Waals surface area contributed by atoms with E-state index in [1.165, 1.54) is 11.8 Å². The van der Waals surface area contributed by atoms with E-state index in [0.717, 1.165) is 0 Å². The number of fused-ring (bicyclic) bond motifs is 1. The van der Waals surface area contributed by atoms with Gasteiger partial charge >= 0.3 is 0 Å². The topological polar surface area (TPSA) is 66.8 Å². The smallest absolute Gasteiger partial charge is 0.248 e. The average molecular weight is 407 g/mol. The minimum atomic E-state index is -3.12. The van der Waals surface area contributed by atoms with Crippen LogP contribution in [0.3, 0.4) is 0 Å². The lowest BCUT2D eigenvalue weighted by Crippen LogP contribution is -2.38. The normalized spacial score (nSPS) is 26.8. The summed E-state index contributed by atoms with van der Waals surface area (Å²) >= 11 is 13.9. The lowest BCUT2D eigenvalue weighted by atomic mass is 10.2. The van der Waals surface area contributed by atoms with Crippen LogP contribution in [-0.4, -0.2) is 42.3 Å². The lowest BCUT2D eigenvalue weighted by Gasteiger charge is -2.26. The number of amides is 1. The number of hydrogen-bond donors (Lipinski definition) is 0. The summed E-state index contributed by atoms with van der Waals surface area (Å²) in [5, 5.41) is 1.12. The van der Waals surface area contributed by atoms with Gasteiger partial charge in [-0.1, -0.05) is 48.0 Å². The van der Waals surface area contributed by atoms with Crippen molar-refractivity contribution >= 4 is 61.6 Å². The number of para-hydroxylation sites is 1. The van der Waals surface area contributed by atoms with Gasteiger partial charge in [0.25, 0.3) is 0 Å². The fraction of sp³-hybridized carbons (Fsp3) is 0.467. The van der Waals surface area contributed by atoms with Crippen molar-refractivity contribution in [1.29, 1.82) is 0 Å². The van der Waals surface area contributed by atoms with Crippen LogP contribution < -0.4 is 4.90 Å². The van der Waals surface area contributed by atoms with E-state index < -0.39 is 9.84 Å². The summed E-state index contributed by atoms with van der Waals surface area (Å²) in [4.78, 5) is 17.9. The Labute approximate surface area is 155 Å². The fourth-order valence-corrected chi connectivity index (χ4v) is 7.42. The van der Waals surface area contributed by atoms with Crippen molar-refractivity contribution in [3.63, 3.8) is 0 Å². The summed E-state index contributed by atoms with van der Waals surface area (Å²) in [7, 11) is -3.12. The average Bonchev–Trinajstić information content (AvgIpc) is 2.92. The minimum absolute atomic E-state index is 0.00715. The number of rotatable bonds is 3. The number of benzene rings is 1. The number of halogens is 2. The highest BCUT2D eigenvalue weighted by Gasteiger charge is 2.50. The Morgan fingerprint density at radius 2 is 2.00 bits per heavy atom. The SMILES string of the molecule is CCCC(=O)N=C1S[C@H]2CS(=O)(=O)C[C@H]2N1c1c(Cl)cccc1Cl. The molecule has 24 heavy (non-hydrogen) atoms. The Morgan fingerprint density at radius 1 is 1.33 bits per heavy atom. The standard InChI is InChI=1S/C15H16Cl2N2O3S2/c1-2-4-13(20)18-15-19(14-9(16)5-3-6-10(14)17)11-7-24(21,22)8-12(11)23-15/h3,5-6,11-12H,2,4,7-8H2,1H3/t11-,12+/m1/s1. The van der Waals surface area contributed by atoms with Crippen molar-refractivity contribution in [2.45, 2.75) is 31.1 Å². The molecule has 1 aromatic rings. The van der Waals surface area contributed by atoms with E-state index in [9.17, 15) is 13.2 Å². The van der Waals surface area contributed by atoms with Gasteiger partial charge in [0, 0.05) is 11.7 Å². The highest BCUT2D eigenvalue weighted by Crippen LogP contribution is 2.45. The highest BCUT2D eigenvalue weighted by atomic mass is 35.5. The van der Waals surface area contributed by atoms with E-state index in [4.69, 9.17) is 23.2 Å². The Bertz CT molecular complexity index is 791. The van der Waals surface area contributed by atoms with Crippen LogP contribution in [0.5, 0.6) is 0 Å². The Hall–Kier alpha value is -0.760. The molecule has 0 aliphatic carbocycles. The maximum absolute atomic E-state index is 12.0. The number of aliphatic imine (C=N–C) groups is 1. The van der Waals surface area contributed by atoms with Gasteiger partial charge in [0.2, 0.25) is 5.91 Å². The van der Waals surface area contributed by atoms with Crippen molar-refractivity contribution in [1.82, 2.24) is 0 Å². The van der Waals surface area contributed by atoms with Crippen LogP contribution in [0.15, 0.2) is 23.2 Å². The number of amidine groups is 1. The number of carbonyl (C=O) groups is 1. The van der Waals surface area contributed by atoms with E-state index in [0.29, 0.717) is 33.7 Å². The maximum Gasteiger partial charge on any atom is 0.248 e. The second-order valence-corrected chi connectivity index (χ2v) is 9.95. The molecular weight excluding hydrogens is 391 g/mol. The molecule has 1 aromatic carbocycles. The van der Waals surface area contributed by atoms with Crippen LogP contribution in [0.1, 0.15) is 19.8 Å². The summed E-state index contributed by atoms with van der Waals surface area (Å²) in [6.45, 7) is 1.91. The molecule has 130 valence electrons. The van der Waals surface area contributed by atoms with Gasteiger partial charge < -0.3 is 4.90 Å². The first kappa shape index (κ1) is 18.0. The minimum Gasteiger partial charge on any atom is -0.313 e. The first-order valence-electron chi connectivity index (χ1n) is 7.54. The molecule has 5 nitrogen and oxygen atoms in total. The van der Waals surface area contributed by atoms with Crippen LogP contribution in [0.2, 0.25) is 10.0 Å². The number of sulfone groups is 1. The molecule has 0 unspecified atom stereocenters. The van der Waals surface area contributed by atoms with Crippen LogP contribution in [0.25, 0.3) is 0 Å². The zero-order chi connectivity index (χ0) is 17.5. The van der Waals surface area contributed by atoms with Gasteiger partial charge in [-0.2, -0.15) is 4.99 Å². The van der Waals surface area contributed by atoms with E-state index in [2.05, 4.69) is 4.99 Å². The first-order valence-corrected chi connectivity index (χ1v) is 11.0. The Kier molecular flexibility index (Phi) is 5.16. The number of carbonyl (C=O) groups excluding carboxylic acids is 1. The van der Waals surface area contributed by atoms with Crippen LogP contribution in [0, 0.1) is 0 Å². The van der Waals surface area contributed by atoms with Crippen molar-refractivity contribution in [3.8, 4) is 0 Å². The molecule has 2 fully saturated rings. The third-order valence-electron chi connectivity index (χ3n) is 3.93. The zero-order valence-electron chi connectivity index (χ0n) is 12.9. The quantitative estimate of drug-likeness (QED) is 0.769. The number of anilines is 1. The predicted octanol–water partition coefficient (Wildman–Crippen LogP) is 3.39. The molecule has 0 aromatic heterocycles. The van der Waals surface area contributed by atoms with Gasteiger partial charge in [0.05, 0.1) is 33.3 Å². The van der Waals surface area contributed by atoms with Crippen LogP contribution >= 0.6 is 35.0 Å². The summed E-state index contributed by atoms with van der Waals surface area (Å²) in [6, 6.07) is 4.79. The largest absolute Gasteiger partial charge is 0.313 e. The molecule has 0 spiro atoms. The molecule has 2 atom stereocenters. The summed E-state index contributed by atoms with van der Waals surface area (Å²) in [5.74, 6) is -0.147. The maximum atomic E-state index is 12.0.